The van der Waals surface area contributed by atoms with E-state index >= 15 is 0 Å². The second-order valence-corrected chi connectivity index (χ2v) is 8.86. The van der Waals surface area contributed by atoms with E-state index < -0.39 is 0 Å². The second-order valence-electron chi connectivity index (χ2n) is 6.83. The van der Waals surface area contributed by atoms with Gasteiger partial charge in [-0.05, 0) is 68.3 Å². The largest absolute Gasteiger partial charge is 0.166 e. The lowest BCUT2D eigenvalue weighted by atomic mass is 10.1. The summed E-state index contributed by atoms with van der Waals surface area (Å²) in [6.07, 6.45) is 0. The number of benzene rings is 4. The van der Waals surface area contributed by atoms with Crippen LogP contribution in [0.15, 0.2) is 124 Å². The Bertz CT molecular complexity index is 913. The van der Waals surface area contributed by atoms with Crippen molar-refractivity contribution < 1.29 is 0 Å². The molecule has 0 aliphatic rings. The Hall–Kier alpha value is -2.77. The standard InChI is InChI=1S/C19H17S.C8H10/c1-16-12-14-19(15-13-16)20(17-8-4-2-5-9-17)18-10-6-3-7-11-18;1-7-5-3-4-6-8(7)2/h2-15H,1H3;3-6H,1-2H3/q+1;. The van der Waals surface area contributed by atoms with Crippen molar-refractivity contribution in [2.24, 2.45) is 0 Å². The molecule has 0 aliphatic carbocycles. The zero-order valence-electron chi connectivity index (χ0n) is 16.8. The van der Waals surface area contributed by atoms with E-state index in [0.717, 1.165) is 0 Å². The molecule has 0 aliphatic heterocycles. The van der Waals surface area contributed by atoms with Gasteiger partial charge in [0, 0.05) is 0 Å². The van der Waals surface area contributed by atoms with E-state index in [9.17, 15) is 0 Å². The molecule has 0 aromatic heterocycles. The highest BCUT2D eigenvalue weighted by Gasteiger charge is 2.27. The van der Waals surface area contributed by atoms with E-state index in [4.69, 9.17) is 0 Å². The Labute approximate surface area is 172 Å². The van der Waals surface area contributed by atoms with Crippen LogP contribution in [0.25, 0.3) is 0 Å². The van der Waals surface area contributed by atoms with Gasteiger partial charge in [-0.25, -0.2) is 0 Å². The first-order chi connectivity index (χ1) is 13.6. The molecule has 140 valence electrons. The van der Waals surface area contributed by atoms with Crippen LogP contribution in [0.1, 0.15) is 16.7 Å². The predicted molar refractivity (Wildman–Crippen MR) is 122 cm³/mol. The van der Waals surface area contributed by atoms with Crippen LogP contribution in [0.2, 0.25) is 0 Å². The molecular formula is C27H27S+. The molecule has 0 radical (unpaired) electrons. The average Bonchev–Trinajstić information content (AvgIpc) is 2.74. The summed E-state index contributed by atoms with van der Waals surface area (Å²) < 4.78 is 0. The third-order valence-electron chi connectivity index (χ3n) is 4.64. The number of hydrogen-bond donors (Lipinski definition) is 0. The van der Waals surface area contributed by atoms with Gasteiger partial charge < -0.3 is 0 Å². The summed E-state index contributed by atoms with van der Waals surface area (Å²) >= 11 is 0. The maximum absolute atomic E-state index is 2.25. The zero-order valence-corrected chi connectivity index (χ0v) is 17.6. The minimum absolute atomic E-state index is 0.0229. The highest BCUT2D eigenvalue weighted by atomic mass is 32.2. The minimum Gasteiger partial charge on any atom is -0.0620 e. The monoisotopic (exact) mass is 383 g/mol. The molecule has 0 spiro atoms. The highest BCUT2D eigenvalue weighted by Crippen LogP contribution is 2.30. The summed E-state index contributed by atoms with van der Waals surface area (Å²) in [4.78, 5) is 4.10. The lowest BCUT2D eigenvalue weighted by Crippen LogP contribution is -2.04. The molecule has 28 heavy (non-hydrogen) atoms. The fourth-order valence-electron chi connectivity index (χ4n) is 2.86. The summed E-state index contributed by atoms with van der Waals surface area (Å²) in [7, 11) is -0.0229. The zero-order chi connectivity index (χ0) is 19.8. The van der Waals surface area contributed by atoms with Crippen molar-refractivity contribution in [3.63, 3.8) is 0 Å². The van der Waals surface area contributed by atoms with Gasteiger partial charge in [0.15, 0.2) is 14.7 Å². The van der Waals surface area contributed by atoms with Gasteiger partial charge in [0.2, 0.25) is 0 Å². The normalized spacial score (nSPS) is 10.3. The van der Waals surface area contributed by atoms with Crippen LogP contribution in [0.4, 0.5) is 0 Å². The smallest absolute Gasteiger partial charge is 0.0620 e. The molecule has 4 rings (SSSR count). The fraction of sp³-hybridized carbons (Fsp3) is 0.111. The third-order valence-corrected chi connectivity index (χ3v) is 6.87. The van der Waals surface area contributed by atoms with Crippen LogP contribution in [-0.2, 0) is 10.9 Å². The lowest BCUT2D eigenvalue weighted by molar-refractivity contribution is 1.30. The summed E-state index contributed by atoms with van der Waals surface area (Å²) in [6.45, 7) is 6.37. The molecule has 0 fully saturated rings. The number of rotatable bonds is 3. The van der Waals surface area contributed by atoms with Crippen LogP contribution >= 0.6 is 0 Å². The van der Waals surface area contributed by atoms with Crippen molar-refractivity contribution in [1.29, 1.82) is 0 Å². The molecule has 4 aromatic carbocycles. The summed E-state index contributed by atoms with van der Waals surface area (Å²) in [5.41, 5.74) is 4.04. The van der Waals surface area contributed by atoms with Crippen LogP contribution in [0, 0.1) is 20.8 Å². The quantitative estimate of drug-likeness (QED) is 0.323. The van der Waals surface area contributed by atoms with Crippen molar-refractivity contribution in [3.05, 3.63) is 126 Å². The fourth-order valence-corrected chi connectivity index (χ4v) is 4.94. The first-order valence-electron chi connectivity index (χ1n) is 9.58. The van der Waals surface area contributed by atoms with Gasteiger partial charge in [-0.2, -0.15) is 0 Å². The van der Waals surface area contributed by atoms with Gasteiger partial charge in [-0.1, -0.05) is 78.4 Å². The topological polar surface area (TPSA) is 0 Å². The minimum atomic E-state index is -0.0229. The molecule has 0 amide bonds. The molecule has 0 saturated carbocycles. The Kier molecular flexibility index (Phi) is 7.11. The molecule has 0 N–H and O–H groups in total. The maximum Gasteiger partial charge on any atom is 0.166 e. The number of aryl methyl sites for hydroxylation is 3. The Morgan fingerprint density at radius 1 is 0.393 bits per heavy atom. The molecule has 0 nitrogen and oxygen atoms in total. The Balaban J connectivity index is 0.000000236. The van der Waals surface area contributed by atoms with Gasteiger partial charge in [0.1, 0.15) is 0 Å². The maximum atomic E-state index is 2.25. The van der Waals surface area contributed by atoms with Crippen molar-refractivity contribution in [3.8, 4) is 0 Å². The van der Waals surface area contributed by atoms with E-state index in [1.54, 1.807) is 0 Å². The molecule has 0 unspecified atom stereocenters. The molecular weight excluding hydrogens is 356 g/mol. The van der Waals surface area contributed by atoms with Crippen LogP contribution in [0.3, 0.4) is 0 Å². The van der Waals surface area contributed by atoms with Gasteiger partial charge in [-0.3, -0.25) is 0 Å². The SMILES string of the molecule is Cc1ccc([S+](c2ccccc2)c2ccccc2)cc1.Cc1ccccc1C. The van der Waals surface area contributed by atoms with E-state index in [-0.39, 0.29) is 10.9 Å². The van der Waals surface area contributed by atoms with Crippen LogP contribution in [0.5, 0.6) is 0 Å². The van der Waals surface area contributed by atoms with Gasteiger partial charge in [0.25, 0.3) is 0 Å². The summed E-state index contributed by atoms with van der Waals surface area (Å²) in [6, 6.07) is 38.7. The van der Waals surface area contributed by atoms with E-state index in [1.165, 1.54) is 31.4 Å². The molecule has 0 atom stereocenters. The van der Waals surface area contributed by atoms with E-state index in [1.807, 2.05) is 0 Å². The van der Waals surface area contributed by atoms with E-state index in [2.05, 4.69) is 130 Å². The summed E-state index contributed by atoms with van der Waals surface area (Å²) in [5, 5.41) is 0. The van der Waals surface area contributed by atoms with Crippen molar-refractivity contribution >= 4 is 10.9 Å². The average molecular weight is 384 g/mol. The van der Waals surface area contributed by atoms with Crippen molar-refractivity contribution in [1.82, 2.24) is 0 Å². The first-order valence-corrected chi connectivity index (χ1v) is 10.8. The predicted octanol–water partition coefficient (Wildman–Crippen LogP) is 7.39. The first kappa shape index (κ1) is 20.0. The van der Waals surface area contributed by atoms with E-state index in [0.29, 0.717) is 0 Å². The van der Waals surface area contributed by atoms with Gasteiger partial charge >= 0.3 is 0 Å². The Morgan fingerprint density at radius 3 is 1.14 bits per heavy atom. The molecule has 4 aromatic rings. The lowest BCUT2D eigenvalue weighted by Gasteiger charge is -2.07. The molecule has 0 saturated heterocycles. The van der Waals surface area contributed by atoms with Gasteiger partial charge in [-0.15, -0.1) is 0 Å². The van der Waals surface area contributed by atoms with Crippen molar-refractivity contribution in [2.45, 2.75) is 35.5 Å². The molecule has 1 heteroatoms. The molecule has 0 heterocycles. The van der Waals surface area contributed by atoms with Crippen LogP contribution in [-0.4, -0.2) is 0 Å². The highest BCUT2D eigenvalue weighted by molar-refractivity contribution is 7.97. The second kappa shape index (κ2) is 9.96. The van der Waals surface area contributed by atoms with Gasteiger partial charge in [0.05, 0.1) is 10.9 Å². The molecule has 0 bridgehead atoms. The van der Waals surface area contributed by atoms with Crippen molar-refractivity contribution in [2.75, 3.05) is 0 Å². The third kappa shape index (κ3) is 5.37. The Morgan fingerprint density at radius 2 is 0.750 bits per heavy atom. The summed E-state index contributed by atoms with van der Waals surface area (Å²) in [5.74, 6) is 0. The van der Waals surface area contributed by atoms with Crippen LogP contribution < -0.4 is 0 Å². The number of hydrogen-bond acceptors (Lipinski definition) is 0.